The molecule has 5 heteroatoms. The third-order valence-corrected chi connectivity index (χ3v) is 11.2. The molecule has 0 radical (unpaired) electrons. The standard InChI is InChI=1S/C45H26N4S/c1-2-12-28-25-29(23-22-27(28)11-1)41-42-36(19-10-24-46-42)47-45(48-41)30-13-9-14-31(26-30)49-37-20-7-5-17-34(37)39-40-35-18-6-8-21-38(35)50-44(40)33-16-4-3-15-32(33)43(39)49/h1-26H. The summed E-state index contributed by atoms with van der Waals surface area (Å²) >= 11 is 1.89. The van der Waals surface area contributed by atoms with Gasteiger partial charge in [0.2, 0.25) is 0 Å². The Bertz CT molecular complexity index is 3170. The van der Waals surface area contributed by atoms with Crippen LogP contribution >= 0.6 is 11.3 Å². The first-order valence-corrected chi connectivity index (χ1v) is 17.6. The van der Waals surface area contributed by atoms with E-state index < -0.39 is 0 Å². The van der Waals surface area contributed by atoms with E-state index in [1.54, 1.807) is 0 Å². The van der Waals surface area contributed by atoms with E-state index in [9.17, 15) is 0 Å². The minimum absolute atomic E-state index is 0.673. The molecule has 4 heterocycles. The molecule has 0 aliphatic rings. The van der Waals surface area contributed by atoms with Gasteiger partial charge in [0.15, 0.2) is 5.82 Å². The highest BCUT2D eigenvalue weighted by atomic mass is 32.1. The maximum absolute atomic E-state index is 5.23. The van der Waals surface area contributed by atoms with Crippen LogP contribution in [0.25, 0.3) is 103 Å². The Labute approximate surface area is 290 Å². The molecule has 0 unspecified atom stereocenters. The molecule has 4 aromatic heterocycles. The number of benzene rings is 7. The van der Waals surface area contributed by atoms with Gasteiger partial charge in [0, 0.05) is 64.7 Å². The zero-order chi connectivity index (χ0) is 32.8. The van der Waals surface area contributed by atoms with E-state index in [2.05, 4.69) is 144 Å². The minimum atomic E-state index is 0.673. The summed E-state index contributed by atoms with van der Waals surface area (Å²) in [7, 11) is 0. The van der Waals surface area contributed by atoms with Gasteiger partial charge >= 0.3 is 0 Å². The third kappa shape index (κ3) is 3.95. The van der Waals surface area contributed by atoms with Crippen molar-refractivity contribution in [1.29, 1.82) is 0 Å². The number of nitrogens with zero attached hydrogens (tertiary/aromatic N) is 4. The molecule has 0 saturated carbocycles. The fourth-order valence-electron chi connectivity index (χ4n) is 7.81. The van der Waals surface area contributed by atoms with E-state index in [0.29, 0.717) is 5.82 Å². The second kappa shape index (κ2) is 10.5. The van der Waals surface area contributed by atoms with Crippen molar-refractivity contribution >= 4 is 85.9 Å². The molecule has 0 atom stereocenters. The lowest BCUT2D eigenvalue weighted by Gasteiger charge is -2.13. The summed E-state index contributed by atoms with van der Waals surface area (Å²) in [5.74, 6) is 0.673. The first kappa shape index (κ1) is 27.5. The summed E-state index contributed by atoms with van der Waals surface area (Å²) in [6.45, 7) is 0. The lowest BCUT2D eigenvalue weighted by atomic mass is 10.00. The topological polar surface area (TPSA) is 43.6 Å². The van der Waals surface area contributed by atoms with Crippen LogP contribution < -0.4 is 0 Å². The number of rotatable bonds is 3. The van der Waals surface area contributed by atoms with Crippen molar-refractivity contribution in [1.82, 2.24) is 19.5 Å². The summed E-state index contributed by atoms with van der Waals surface area (Å²) in [6.07, 6.45) is 1.82. The van der Waals surface area contributed by atoms with Gasteiger partial charge in [-0.25, -0.2) is 9.97 Å². The average molecular weight is 655 g/mol. The SMILES string of the molecule is c1cc(-c2nc(-c3ccc4ccccc4c3)c3ncccc3n2)cc(-n2c3ccccc3c3c4c5ccccc5sc4c4ccccc4c32)c1. The first-order valence-electron chi connectivity index (χ1n) is 16.8. The van der Waals surface area contributed by atoms with E-state index in [-0.39, 0.29) is 0 Å². The largest absolute Gasteiger partial charge is 0.309 e. The van der Waals surface area contributed by atoms with Crippen molar-refractivity contribution in [2.45, 2.75) is 0 Å². The molecule has 11 aromatic rings. The molecular formula is C45H26N4S. The van der Waals surface area contributed by atoms with Gasteiger partial charge in [-0.15, -0.1) is 11.3 Å². The lowest BCUT2D eigenvalue weighted by molar-refractivity contribution is 1.17. The molecule has 232 valence electrons. The number of pyridine rings is 1. The van der Waals surface area contributed by atoms with Crippen LogP contribution in [-0.4, -0.2) is 19.5 Å². The molecule has 50 heavy (non-hydrogen) atoms. The Balaban J connectivity index is 1.20. The monoisotopic (exact) mass is 654 g/mol. The average Bonchev–Trinajstić information content (AvgIpc) is 3.74. The van der Waals surface area contributed by atoms with Crippen LogP contribution in [0.2, 0.25) is 0 Å². The van der Waals surface area contributed by atoms with Gasteiger partial charge in [0.1, 0.15) is 11.2 Å². The van der Waals surface area contributed by atoms with Crippen LogP contribution in [0.1, 0.15) is 0 Å². The van der Waals surface area contributed by atoms with Crippen molar-refractivity contribution in [3.8, 4) is 28.3 Å². The Morgan fingerprint density at radius 1 is 0.520 bits per heavy atom. The van der Waals surface area contributed by atoms with Gasteiger partial charge in [-0.3, -0.25) is 4.98 Å². The molecule has 0 aliphatic carbocycles. The van der Waals surface area contributed by atoms with Crippen LogP contribution in [0, 0.1) is 0 Å². The Morgan fingerprint density at radius 2 is 1.30 bits per heavy atom. The second-order valence-electron chi connectivity index (χ2n) is 12.8. The Morgan fingerprint density at radius 3 is 2.22 bits per heavy atom. The van der Waals surface area contributed by atoms with Crippen molar-refractivity contribution in [2.75, 3.05) is 0 Å². The van der Waals surface area contributed by atoms with Crippen LogP contribution in [0.5, 0.6) is 0 Å². The Hall–Kier alpha value is -6.43. The predicted octanol–water partition coefficient (Wildman–Crippen LogP) is 12.1. The second-order valence-corrected chi connectivity index (χ2v) is 13.9. The smallest absolute Gasteiger partial charge is 0.160 e. The van der Waals surface area contributed by atoms with Crippen molar-refractivity contribution < 1.29 is 0 Å². The number of aromatic nitrogens is 4. The summed E-state index contributed by atoms with van der Waals surface area (Å²) < 4.78 is 5.09. The highest BCUT2D eigenvalue weighted by Crippen LogP contribution is 2.48. The molecule has 7 aromatic carbocycles. The van der Waals surface area contributed by atoms with Crippen LogP contribution in [0.15, 0.2) is 158 Å². The normalized spacial score (nSPS) is 12.0. The molecule has 0 aliphatic heterocycles. The molecular weight excluding hydrogens is 629 g/mol. The predicted molar refractivity (Wildman–Crippen MR) is 210 cm³/mol. The first-order chi connectivity index (χ1) is 24.8. The van der Waals surface area contributed by atoms with Crippen molar-refractivity contribution in [3.63, 3.8) is 0 Å². The van der Waals surface area contributed by atoms with E-state index in [1.807, 2.05) is 29.7 Å². The molecule has 0 N–H and O–H groups in total. The number of para-hydroxylation sites is 1. The summed E-state index contributed by atoms with van der Waals surface area (Å²) in [5.41, 5.74) is 7.88. The molecule has 0 fully saturated rings. The quantitative estimate of drug-likeness (QED) is 0.190. The Kier molecular flexibility index (Phi) is 5.80. The zero-order valence-corrected chi connectivity index (χ0v) is 27.5. The van der Waals surface area contributed by atoms with Crippen LogP contribution in [-0.2, 0) is 0 Å². The molecule has 4 nitrogen and oxygen atoms in total. The lowest BCUT2D eigenvalue weighted by Crippen LogP contribution is -1.99. The molecule has 0 bridgehead atoms. The van der Waals surface area contributed by atoms with Gasteiger partial charge in [-0.1, -0.05) is 109 Å². The summed E-state index contributed by atoms with van der Waals surface area (Å²) in [5, 5.41) is 10.1. The molecule has 0 spiro atoms. The van der Waals surface area contributed by atoms with Gasteiger partial charge in [-0.2, -0.15) is 0 Å². The van der Waals surface area contributed by atoms with Gasteiger partial charge < -0.3 is 4.57 Å². The summed E-state index contributed by atoms with van der Waals surface area (Å²) in [4.78, 5) is 15.1. The highest BCUT2D eigenvalue weighted by Gasteiger charge is 2.22. The van der Waals surface area contributed by atoms with E-state index in [0.717, 1.165) is 33.5 Å². The highest BCUT2D eigenvalue weighted by molar-refractivity contribution is 7.27. The fraction of sp³-hybridized carbons (Fsp3) is 0. The zero-order valence-electron chi connectivity index (χ0n) is 26.7. The van der Waals surface area contributed by atoms with Crippen molar-refractivity contribution in [2.24, 2.45) is 0 Å². The fourth-order valence-corrected chi connectivity index (χ4v) is 9.05. The minimum Gasteiger partial charge on any atom is -0.309 e. The van der Waals surface area contributed by atoms with Crippen LogP contribution in [0.3, 0.4) is 0 Å². The number of fused-ring (bicyclic) bond motifs is 12. The number of hydrogen-bond donors (Lipinski definition) is 0. The van der Waals surface area contributed by atoms with E-state index in [4.69, 9.17) is 15.0 Å². The van der Waals surface area contributed by atoms with Crippen LogP contribution in [0.4, 0.5) is 0 Å². The molecule has 11 rings (SSSR count). The van der Waals surface area contributed by atoms with E-state index in [1.165, 1.54) is 63.5 Å². The molecule has 0 saturated heterocycles. The third-order valence-electron chi connectivity index (χ3n) is 9.99. The maximum atomic E-state index is 5.23. The maximum Gasteiger partial charge on any atom is 0.160 e. The molecule has 0 amide bonds. The van der Waals surface area contributed by atoms with Gasteiger partial charge in [0.05, 0.1) is 16.6 Å². The number of hydrogen-bond acceptors (Lipinski definition) is 4. The van der Waals surface area contributed by atoms with Crippen molar-refractivity contribution in [3.05, 3.63) is 158 Å². The summed E-state index contributed by atoms with van der Waals surface area (Å²) in [6, 6.07) is 54.0. The number of thiophene rings is 1. The van der Waals surface area contributed by atoms with Gasteiger partial charge in [-0.05, 0) is 53.2 Å². The van der Waals surface area contributed by atoms with Gasteiger partial charge in [0.25, 0.3) is 0 Å². The van der Waals surface area contributed by atoms with E-state index >= 15 is 0 Å².